The van der Waals surface area contributed by atoms with Gasteiger partial charge < -0.3 is 9.80 Å². The zero-order chi connectivity index (χ0) is 17.1. The standard InChI is InChI=1S/C18H31N5O/c1-15-12-21(6-4-5-17-11-19-20(3)13-17)14-18(15)23-9-7-22(8-10-23)16(2)24/h11,13,15,18H,4-10,12,14H2,1-3H3/t15-,18+/m0/s1. The highest BCUT2D eigenvalue weighted by Crippen LogP contribution is 2.23. The summed E-state index contributed by atoms with van der Waals surface area (Å²) in [5.41, 5.74) is 1.33. The zero-order valence-corrected chi connectivity index (χ0v) is 15.3. The van der Waals surface area contributed by atoms with Gasteiger partial charge in [-0.25, -0.2) is 0 Å². The normalized spacial score (nSPS) is 26.2. The highest BCUT2D eigenvalue weighted by molar-refractivity contribution is 5.73. The highest BCUT2D eigenvalue weighted by Gasteiger charge is 2.35. The summed E-state index contributed by atoms with van der Waals surface area (Å²) in [4.78, 5) is 18.7. The molecule has 2 aliphatic rings. The number of likely N-dealkylation sites (tertiary alicyclic amines) is 1. The van der Waals surface area contributed by atoms with Crippen molar-refractivity contribution in [2.45, 2.75) is 32.7 Å². The molecule has 0 radical (unpaired) electrons. The molecule has 3 rings (SSSR count). The second-order valence-electron chi connectivity index (χ2n) is 7.47. The molecule has 0 aromatic carbocycles. The van der Waals surface area contributed by atoms with Gasteiger partial charge >= 0.3 is 0 Å². The molecule has 1 aromatic rings. The minimum absolute atomic E-state index is 0.214. The van der Waals surface area contributed by atoms with Crippen LogP contribution in [0.1, 0.15) is 25.8 Å². The molecule has 2 saturated heterocycles. The van der Waals surface area contributed by atoms with Crippen LogP contribution in [0.4, 0.5) is 0 Å². The maximum absolute atomic E-state index is 11.5. The van der Waals surface area contributed by atoms with Crippen molar-refractivity contribution in [1.29, 1.82) is 0 Å². The predicted molar refractivity (Wildman–Crippen MR) is 94.7 cm³/mol. The van der Waals surface area contributed by atoms with Crippen LogP contribution in [0.25, 0.3) is 0 Å². The van der Waals surface area contributed by atoms with E-state index in [1.807, 2.05) is 22.8 Å². The molecular formula is C18H31N5O. The average Bonchev–Trinajstić information content (AvgIpc) is 3.13. The monoisotopic (exact) mass is 333 g/mol. The van der Waals surface area contributed by atoms with Gasteiger partial charge in [-0.05, 0) is 30.9 Å². The Morgan fingerprint density at radius 3 is 2.62 bits per heavy atom. The van der Waals surface area contributed by atoms with Crippen molar-refractivity contribution in [3.63, 3.8) is 0 Å². The zero-order valence-electron chi connectivity index (χ0n) is 15.3. The van der Waals surface area contributed by atoms with Crippen LogP contribution >= 0.6 is 0 Å². The first kappa shape index (κ1) is 17.4. The molecule has 0 saturated carbocycles. The van der Waals surface area contributed by atoms with E-state index >= 15 is 0 Å². The summed E-state index contributed by atoms with van der Waals surface area (Å²) >= 11 is 0. The van der Waals surface area contributed by atoms with Crippen LogP contribution in [0.2, 0.25) is 0 Å². The molecule has 0 aliphatic carbocycles. The lowest BCUT2D eigenvalue weighted by Gasteiger charge is -2.39. The number of hydrogen-bond acceptors (Lipinski definition) is 4. The van der Waals surface area contributed by atoms with E-state index in [-0.39, 0.29) is 5.91 Å². The molecule has 24 heavy (non-hydrogen) atoms. The van der Waals surface area contributed by atoms with E-state index in [2.05, 4.69) is 28.0 Å². The Hall–Kier alpha value is -1.40. The minimum Gasteiger partial charge on any atom is -0.340 e. The van der Waals surface area contributed by atoms with Crippen molar-refractivity contribution >= 4 is 5.91 Å². The lowest BCUT2D eigenvalue weighted by atomic mass is 10.0. The third kappa shape index (κ3) is 4.16. The van der Waals surface area contributed by atoms with Crippen LogP contribution in [0, 0.1) is 5.92 Å². The van der Waals surface area contributed by atoms with Gasteiger partial charge in [-0.15, -0.1) is 0 Å². The summed E-state index contributed by atoms with van der Waals surface area (Å²) in [6.07, 6.45) is 6.40. The molecule has 2 aliphatic heterocycles. The van der Waals surface area contributed by atoms with Gasteiger partial charge in [0.2, 0.25) is 5.91 Å². The Morgan fingerprint density at radius 2 is 2.00 bits per heavy atom. The van der Waals surface area contributed by atoms with Crippen molar-refractivity contribution in [2.75, 3.05) is 45.8 Å². The fraction of sp³-hybridized carbons (Fsp3) is 0.778. The van der Waals surface area contributed by atoms with Crippen molar-refractivity contribution in [1.82, 2.24) is 24.5 Å². The molecule has 1 amide bonds. The summed E-state index contributed by atoms with van der Waals surface area (Å²) in [5.74, 6) is 0.929. The average molecular weight is 333 g/mol. The number of nitrogens with zero attached hydrogens (tertiary/aromatic N) is 5. The first-order valence-corrected chi connectivity index (χ1v) is 9.22. The van der Waals surface area contributed by atoms with E-state index in [1.54, 1.807) is 6.92 Å². The van der Waals surface area contributed by atoms with Gasteiger partial charge in [0.05, 0.1) is 6.20 Å². The number of carbonyl (C=O) groups is 1. The molecule has 2 fully saturated rings. The Balaban J connectivity index is 1.42. The van der Waals surface area contributed by atoms with Crippen molar-refractivity contribution in [3.05, 3.63) is 18.0 Å². The van der Waals surface area contributed by atoms with Gasteiger partial charge in [-0.1, -0.05) is 6.92 Å². The Morgan fingerprint density at radius 1 is 1.25 bits per heavy atom. The summed E-state index contributed by atoms with van der Waals surface area (Å²) in [7, 11) is 1.97. The molecule has 0 unspecified atom stereocenters. The smallest absolute Gasteiger partial charge is 0.219 e. The molecule has 134 valence electrons. The van der Waals surface area contributed by atoms with Gasteiger partial charge in [-0.3, -0.25) is 14.4 Å². The van der Waals surface area contributed by atoms with E-state index in [0.29, 0.717) is 12.0 Å². The van der Waals surface area contributed by atoms with Gasteiger partial charge in [0.25, 0.3) is 0 Å². The summed E-state index contributed by atoms with van der Waals surface area (Å²) < 4.78 is 1.88. The Kier molecular flexibility index (Phi) is 5.56. The fourth-order valence-electron chi connectivity index (χ4n) is 4.18. The van der Waals surface area contributed by atoms with Gasteiger partial charge in [0.1, 0.15) is 0 Å². The topological polar surface area (TPSA) is 44.6 Å². The number of piperazine rings is 1. The second kappa shape index (κ2) is 7.66. The molecule has 6 nitrogen and oxygen atoms in total. The van der Waals surface area contributed by atoms with Crippen LogP contribution < -0.4 is 0 Å². The van der Waals surface area contributed by atoms with Crippen molar-refractivity contribution in [3.8, 4) is 0 Å². The molecule has 1 aromatic heterocycles. The maximum Gasteiger partial charge on any atom is 0.219 e. The lowest BCUT2D eigenvalue weighted by molar-refractivity contribution is -0.130. The van der Waals surface area contributed by atoms with Crippen LogP contribution in [-0.4, -0.2) is 82.2 Å². The molecular weight excluding hydrogens is 302 g/mol. The van der Waals surface area contributed by atoms with Gasteiger partial charge in [0.15, 0.2) is 0 Å². The van der Waals surface area contributed by atoms with Gasteiger partial charge in [0, 0.05) is 65.5 Å². The number of amides is 1. The number of rotatable bonds is 5. The Bertz CT molecular complexity index is 549. The van der Waals surface area contributed by atoms with E-state index in [0.717, 1.165) is 32.6 Å². The van der Waals surface area contributed by atoms with E-state index in [9.17, 15) is 4.79 Å². The van der Waals surface area contributed by atoms with Gasteiger partial charge in [-0.2, -0.15) is 5.10 Å². The molecule has 6 heteroatoms. The molecule has 0 N–H and O–H groups in total. The Labute approximate surface area is 145 Å². The summed E-state index contributed by atoms with van der Waals surface area (Å²) in [5, 5.41) is 4.24. The third-order valence-electron chi connectivity index (χ3n) is 5.58. The van der Waals surface area contributed by atoms with Crippen LogP contribution in [0.15, 0.2) is 12.4 Å². The summed E-state index contributed by atoms with van der Waals surface area (Å²) in [6.45, 7) is 11.4. The van der Waals surface area contributed by atoms with E-state index in [4.69, 9.17) is 0 Å². The van der Waals surface area contributed by atoms with Crippen molar-refractivity contribution in [2.24, 2.45) is 13.0 Å². The third-order valence-corrected chi connectivity index (χ3v) is 5.58. The second-order valence-corrected chi connectivity index (χ2v) is 7.47. The lowest BCUT2D eigenvalue weighted by Crippen LogP contribution is -2.53. The van der Waals surface area contributed by atoms with E-state index in [1.165, 1.54) is 31.6 Å². The number of aryl methyl sites for hydroxylation is 2. The molecule has 0 spiro atoms. The first-order valence-electron chi connectivity index (χ1n) is 9.22. The SMILES string of the molecule is CC(=O)N1CCN([C@@H]2CN(CCCc3cnn(C)c3)C[C@@H]2C)CC1. The first-order chi connectivity index (χ1) is 11.5. The van der Waals surface area contributed by atoms with E-state index < -0.39 is 0 Å². The minimum atomic E-state index is 0.214. The van der Waals surface area contributed by atoms with Crippen LogP contribution in [-0.2, 0) is 18.3 Å². The molecule has 0 bridgehead atoms. The number of carbonyl (C=O) groups excluding carboxylic acids is 1. The van der Waals surface area contributed by atoms with Crippen LogP contribution in [0.5, 0.6) is 0 Å². The van der Waals surface area contributed by atoms with Crippen LogP contribution in [0.3, 0.4) is 0 Å². The summed E-state index contributed by atoms with van der Waals surface area (Å²) in [6, 6.07) is 0.650. The molecule has 2 atom stereocenters. The quantitative estimate of drug-likeness (QED) is 0.801. The number of aromatic nitrogens is 2. The highest BCUT2D eigenvalue weighted by atomic mass is 16.2. The van der Waals surface area contributed by atoms with Crippen molar-refractivity contribution < 1.29 is 4.79 Å². The largest absolute Gasteiger partial charge is 0.340 e. The maximum atomic E-state index is 11.5. The number of hydrogen-bond donors (Lipinski definition) is 0. The molecule has 3 heterocycles. The fourth-order valence-corrected chi connectivity index (χ4v) is 4.18. The predicted octanol–water partition coefficient (Wildman–Crippen LogP) is 0.837.